The lowest BCUT2D eigenvalue weighted by Crippen LogP contribution is -2.45. The zero-order valence-corrected chi connectivity index (χ0v) is 14.4. The number of piperidine rings is 1. The van der Waals surface area contributed by atoms with E-state index >= 15 is 0 Å². The van der Waals surface area contributed by atoms with Crippen LogP contribution in [0, 0.1) is 0 Å². The number of hydrogen-bond acceptors (Lipinski definition) is 4. The molecule has 4 heteroatoms. The second kappa shape index (κ2) is 8.18. The highest BCUT2D eigenvalue weighted by atomic mass is 16.5. The van der Waals surface area contributed by atoms with Gasteiger partial charge in [0.2, 0.25) is 0 Å². The molecule has 128 valence electrons. The van der Waals surface area contributed by atoms with Crippen molar-refractivity contribution in [3.8, 4) is 11.5 Å². The van der Waals surface area contributed by atoms with Crippen molar-refractivity contribution in [2.45, 2.75) is 31.5 Å². The van der Waals surface area contributed by atoms with E-state index in [4.69, 9.17) is 9.47 Å². The maximum absolute atomic E-state index is 5.50. The van der Waals surface area contributed by atoms with Crippen molar-refractivity contribution in [1.82, 2.24) is 10.6 Å². The fourth-order valence-corrected chi connectivity index (χ4v) is 3.36. The average molecular weight is 326 g/mol. The Morgan fingerprint density at radius 2 is 1.92 bits per heavy atom. The van der Waals surface area contributed by atoms with Gasteiger partial charge in [-0.25, -0.2) is 0 Å². The molecule has 0 spiro atoms. The molecule has 0 aromatic heterocycles. The Bertz CT molecular complexity index is 645. The van der Waals surface area contributed by atoms with E-state index in [1.165, 1.54) is 18.4 Å². The molecule has 0 unspecified atom stereocenters. The zero-order valence-electron chi connectivity index (χ0n) is 14.4. The molecular weight excluding hydrogens is 300 g/mol. The van der Waals surface area contributed by atoms with Crippen LogP contribution >= 0.6 is 0 Å². The molecule has 2 atom stereocenters. The quantitative estimate of drug-likeness (QED) is 0.855. The summed E-state index contributed by atoms with van der Waals surface area (Å²) < 4.78 is 10.8. The second-order valence-corrected chi connectivity index (χ2v) is 6.15. The average Bonchev–Trinajstić information content (AvgIpc) is 2.67. The van der Waals surface area contributed by atoms with Gasteiger partial charge in [0.1, 0.15) is 11.5 Å². The van der Waals surface area contributed by atoms with Crippen LogP contribution in [0.2, 0.25) is 0 Å². The maximum Gasteiger partial charge on any atom is 0.127 e. The van der Waals surface area contributed by atoms with Crippen molar-refractivity contribution < 1.29 is 9.47 Å². The molecule has 1 heterocycles. The Hall–Kier alpha value is -2.04. The molecule has 0 saturated carbocycles. The van der Waals surface area contributed by atoms with Crippen molar-refractivity contribution in [1.29, 1.82) is 0 Å². The highest BCUT2D eigenvalue weighted by Crippen LogP contribution is 2.27. The molecule has 1 aliphatic heterocycles. The van der Waals surface area contributed by atoms with E-state index in [1.54, 1.807) is 14.2 Å². The third kappa shape index (κ3) is 3.89. The Balaban J connectivity index is 1.70. The molecule has 2 N–H and O–H groups in total. The van der Waals surface area contributed by atoms with Gasteiger partial charge in [0.15, 0.2) is 0 Å². The second-order valence-electron chi connectivity index (χ2n) is 6.15. The molecule has 0 radical (unpaired) electrons. The van der Waals surface area contributed by atoms with Gasteiger partial charge in [0, 0.05) is 30.3 Å². The van der Waals surface area contributed by atoms with Gasteiger partial charge in [0.25, 0.3) is 0 Å². The van der Waals surface area contributed by atoms with Gasteiger partial charge in [-0.15, -0.1) is 0 Å². The zero-order chi connectivity index (χ0) is 16.8. The molecule has 2 aromatic carbocycles. The van der Waals surface area contributed by atoms with Crippen LogP contribution in [0.15, 0.2) is 48.5 Å². The van der Waals surface area contributed by atoms with Crippen LogP contribution in [0.4, 0.5) is 0 Å². The minimum Gasteiger partial charge on any atom is -0.497 e. The lowest BCUT2D eigenvalue weighted by atomic mass is 9.92. The van der Waals surface area contributed by atoms with Crippen molar-refractivity contribution in [2.75, 3.05) is 20.8 Å². The van der Waals surface area contributed by atoms with Crippen LogP contribution in [0.3, 0.4) is 0 Å². The molecule has 4 nitrogen and oxygen atoms in total. The van der Waals surface area contributed by atoms with E-state index in [0.717, 1.165) is 30.2 Å². The highest BCUT2D eigenvalue weighted by Gasteiger charge is 2.25. The van der Waals surface area contributed by atoms with E-state index in [0.29, 0.717) is 12.1 Å². The molecule has 1 fully saturated rings. The SMILES string of the molecule is COc1ccc(CN[C@@H]2CCCN[C@@H]2c2ccccc2)c(OC)c1. The molecular formula is C20H26N2O2. The first-order chi connectivity index (χ1) is 11.8. The summed E-state index contributed by atoms with van der Waals surface area (Å²) in [7, 11) is 3.37. The minimum absolute atomic E-state index is 0.351. The van der Waals surface area contributed by atoms with E-state index in [1.807, 2.05) is 12.1 Å². The number of hydrogen-bond donors (Lipinski definition) is 2. The van der Waals surface area contributed by atoms with Crippen LogP contribution < -0.4 is 20.1 Å². The lowest BCUT2D eigenvalue weighted by Gasteiger charge is -2.34. The summed E-state index contributed by atoms with van der Waals surface area (Å²) in [5, 5.41) is 7.37. The Kier molecular flexibility index (Phi) is 5.72. The Morgan fingerprint density at radius 3 is 2.67 bits per heavy atom. The summed E-state index contributed by atoms with van der Waals surface area (Å²) in [5.74, 6) is 1.68. The van der Waals surface area contributed by atoms with Gasteiger partial charge in [-0.05, 0) is 31.0 Å². The largest absolute Gasteiger partial charge is 0.497 e. The maximum atomic E-state index is 5.50. The Morgan fingerprint density at radius 1 is 1.08 bits per heavy atom. The summed E-state index contributed by atoms with van der Waals surface area (Å²) >= 11 is 0. The van der Waals surface area contributed by atoms with Gasteiger partial charge in [-0.2, -0.15) is 0 Å². The first kappa shape index (κ1) is 16.8. The molecule has 0 amide bonds. The predicted molar refractivity (Wildman–Crippen MR) is 96.6 cm³/mol. The number of benzene rings is 2. The topological polar surface area (TPSA) is 42.5 Å². The molecule has 1 saturated heterocycles. The van der Waals surface area contributed by atoms with Crippen molar-refractivity contribution >= 4 is 0 Å². The van der Waals surface area contributed by atoms with E-state index in [-0.39, 0.29) is 0 Å². The monoisotopic (exact) mass is 326 g/mol. The molecule has 0 bridgehead atoms. The first-order valence-corrected chi connectivity index (χ1v) is 8.54. The fourth-order valence-electron chi connectivity index (χ4n) is 3.36. The summed E-state index contributed by atoms with van der Waals surface area (Å²) in [5.41, 5.74) is 2.49. The van der Waals surface area contributed by atoms with Gasteiger partial charge in [0.05, 0.1) is 14.2 Å². The lowest BCUT2D eigenvalue weighted by molar-refractivity contribution is 0.302. The number of methoxy groups -OCH3 is 2. The molecule has 0 aliphatic carbocycles. The number of rotatable bonds is 6. The smallest absolute Gasteiger partial charge is 0.127 e. The third-order valence-electron chi connectivity index (χ3n) is 4.67. The van der Waals surface area contributed by atoms with Crippen LogP contribution in [0.5, 0.6) is 11.5 Å². The highest BCUT2D eigenvalue weighted by molar-refractivity contribution is 5.40. The predicted octanol–water partition coefficient (Wildman–Crippen LogP) is 3.29. The standard InChI is InChI=1S/C20H26N2O2/c1-23-17-11-10-16(19(13-17)24-2)14-22-18-9-6-12-21-20(18)15-7-4-3-5-8-15/h3-5,7-8,10-11,13,18,20-22H,6,9,12,14H2,1-2H3/t18-,20-/m1/s1. The Labute approximate surface area is 144 Å². The molecule has 1 aliphatic rings. The van der Waals surface area contributed by atoms with E-state index < -0.39 is 0 Å². The van der Waals surface area contributed by atoms with Gasteiger partial charge in [-0.1, -0.05) is 36.4 Å². The van der Waals surface area contributed by atoms with Crippen LogP contribution in [-0.2, 0) is 6.54 Å². The van der Waals surface area contributed by atoms with Crippen molar-refractivity contribution in [3.63, 3.8) is 0 Å². The summed E-state index contributed by atoms with van der Waals surface area (Å²) in [6.45, 7) is 1.85. The molecule has 3 rings (SSSR count). The summed E-state index contributed by atoms with van der Waals surface area (Å²) in [6.07, 6.45) is 2.37. The van der Waals surface area contributed by atoms with Crippen LogP contribution in [0.1, 0.15) is 30.0 Å². The number of nitrogens with one attached hydrogen (secondary N) is 2. The van der Waals surface area contributed by atoms with E-state index in [2.05, 4.69) is 47.0 Å². The van der Waals surface area contributed by atoms with E-state index in [9.17, 15) is 0 Å². The minimum atomic E-state index is 0.351. The first-order valence-electron chi connectivity index (χ1n) is 8.54. The van der Waals surface area contributed by atoms with Crippen LogP contribution in [0.25, 0.3) is 0 Å². The molecule has 2 aromatic rings. The van der Waals surface area contributed by atoms with Gasteiger partial charge in [-0.3, -0.25) is 0 Å². The van der Waals surface area contributed by atoms with Gasteiger partial charge >= 0.3 is 0 Å². The molecule has 24 heavy (non-hydrogen) atoms. The number of ether oxygens (including phenoxy) is 2. The van der Waals surface area contributed by atoms with Crippen LogP contribution in [-0.4, -0.2) is 26.8 Å². The van der Waals surface area contributed by atoms with Crippen molar-refractivity contribution in [2.24, 2.45) is 0 Å². The normalized spacial score (nSPS) is 20.6. The third-order valence-corrected chi connectivity index (χ3v) is 4.67. The van der Waals surface area contributed by atoms with Gasteiger partial charge < -0.3 is 20.1 Å². The fraction of sp³-hybridized carbons (Fsp3) is 0.400. The summed E-state index contributed by atoms with van der Waals surface area (Å²) in [6, 6.07) is 17.4. The summed E-state index contributed by atoms with van der Waals surface area (Å²) in [4.78, 5) is 0. The van der Waals surface area contributed by atoms with Crippen molar-refractivity contribution in [3.05, 3.63) is 59.7 Å².